The molecule has 0 aliphatic rings. The van der Waals surface area contributed by atoms with E-state index >= 15 is 0 Å². The number of hydrogen-bond acceptors (Lipinski definition) is 4. The predicted molar refractivity (Wildman–Crippen MR) is 78.0 cm³/mol. The molecule has 0 atom stereocenters. The van der Waals surface area contributed by atoms with Gasteiger partial charge in [0.2, 0.25) is 0 Å². The third kappa shape index (κ3) is 4.18. The fraction of sp³-hybridized carbons (Fsp3) is 0.312. The molecule has 0 saturated heterocycles. The normalized spacial score (nSPS) is 11.0. The molecule has 0 bridgehead atoms. The van der Waals surface area contributed by atoms with Crippen LogP contribution in [-0.4, -0.2) is 34.2 Å². The third-order valence-corrected chi connectivity index (χ3v) is 3.24. The average molecular weight is 289 g/mol. The summed E-state index contributed by atoms with van der Waals surface area (Å²) in [6, 6.07) is 11.5. The summed E-state index contributed by atoms with van der Waals surface area (Å²) in [5.74, 6) is 0.00899. The topological polar surface area (TPSA) is 73.9 Å². The van der Waals surface area contributed by atoms with Crippen LogP contribution in [0.4, 0.5) is 0 Å². The molecule has 2 aromatic rings. The maximum atomic E-state index is 11.0. The van der Waals surface area contributed by atoms with Gasteiger partial charge >= 0.3 is 5.97 Å². The molecule has 0 radical (unpaired) electrons. The van der Waals surface area contributed by atoms with Crippen molar-refractivity contribution in [1.29, 1.82) is 0 Å². The number of carbonyl (C=O) groups is 1. The van der Waals surface area contributed by atoms with Crippen molar-refractivity contribution in [2.24, 2.45) is 0 Å². The number of rotatable bonds is 7. The van der Waals surface area contributed by atoms with Crippen LogP contribution in [0.3, 0.4) is 0 Å². The predicted octanol–water partition coefficient (Wildman–Crippen LogP) is 2.28. The summed E-state index contributed by atoms with van der Waals surface area (Å²) in [5, 5.41) is 18.2. The molecule has 1 aromatic heterocycles. The Hall–Kier alpha value is -2.11. The smallest absolute Gasteiger partial charge is 0.339 e. The lowest BCUT2D eigenvalue weighted by molar-refractivity contribution is 0.0695. The van der Waals surface area contributed by atoms with E-state index in [0.29, 0.717) is 31.2 Å². The van der Waals surface area contributed by atoms with Crippen LogP contribution >= 0.6 is 0 Å². The molecule has 0 aliphatic carbocycles. The standard InChI is InChI=1S/C16H19NO4/c1-12-15(16(19)20)9-14(21-12)11-17(7-8-18)10-13-5-3-2-4-6-13/h2-6,9,18H,7-8,10-11H2,1H3,(H,19,20). The highest BCUT2D eigenvalue weighted by Gasteiger charge is 2.16. The zero-order valence-electron chi connectivity index (χ0n) is 12.0. The minimum absolute atomic E-state index is 0.0400. The van der Waals surface area contributed by atoms with Crippen molar-refractivity contribution in [3.8, 4) is 0 Å². The van der Waals surface area contributed by atoms with Crippen LogP contribution in [0, 0.1) is 6.92 Å². The highest BCUT2D eigenvalue weighted by atomic mass is 16.4. The third-order valence-electron chi connectivity index (χ3n) is 3.24. The first kappa shape index (κ1) is 15.3. The summed E-state index contributed by atoms with van der Waals surface area (Å²) < 4.78 is 5.49. The van der Waals surface area contributed by atoms with Crippen LogP contribution in [-0.2, 0) is 13.1 Å². The van der Waals surface area contributed by atoms with Crippen LogP contribution in [0.5, 0.6) is 0 Å². The molecule has 0 amide bonds. The number of carboxylic acid groups (broad SMARTS) is 1. The Labute approximate surface area is 123 Å². The summed E-state index contributed by atoms with van der Waals surface area (Å²) >= 11 is 0. The second kappa shape index (κ2) is 7.06. The molecule has 112 valence electrons. The van der Waals surface area contributed by atoms with E-state index in [1.165, 1.54) is 0 Å². The van der Waals surface area contributed by atoms with E-state index in [1.807, 2.05) is 35.2 Å². The minimum Gasteiger partial charge on any atom is -0.478 e. The number of benzene rings is 1. The number of nitrogens with zero attached hydrogens (tertiary/aromatic N) is 1. The van der Waals surface area contributed by atoms with Crippen molar-refractivity contribution >= 4 is 5.97 Å². The van der Waals surface area contributed by atoms with Gasteiger partial charge in [0.15, 0.2) is 0 Å². The fourth-order valence-electron chi connectivity index (χ4n) is 2.25. The lowest BCUT2D eigenvalue weighted by Gasteiger charge is -2.20. The van der Waals surface area contributed by atoms with Crippen LogP contribution < -0.4 is 0 Å². The molecule has 5 nitrogen and oxygen atoms in total. The van der Waals surface area contributed by atoms with Crippen molar-refractivity contribution in [2.45, 2.75) is 20.0 Å². The van der Waals surface area contributed by atoms with Crippen molar-refractivity contribution in [2.75, 3.05) is 13.2 Å². The van der Waals surface area contributed by atoms with Gasteiger partial charge in [-0.3, -0.25) is 4.90 Å². The second-order valence-corrected chi connectivity index (χ2v) is 4.91. The molecular weight excluding hydrogens is 270 g/mol. The lowest BCUT2D eigenvalue weighted by Crippen LogP contribution is -2.25. The summed E-state index contributed by atoms with van der Waals surface area (Å²) in [6.45, 7) is 3.31. The van der Waals surface area contributed by atoms with Crippen LogP contribution in [0.25, 0.3) is 0 Å². The van der Waals surface area contributed by atoms with Crippen LogP contribution in [0.15, 0.2) is 40.8 Å². The van der Waals surface area contributed by atoms with Crippen molar-refractivity contribution in [3.63, 3.8) is 0 Å². The SMILES string of the molecule is Cc1oc(CN(CCO)Cc2ccccc2)cc1C(=O)O. The Morgan fingerprint density at radius 2 is 1.95 bits per heavy atom. The van der Waals surface area contributed by atoms with Gasteiger partial charge in [-0.15, -0.1) is 0 Å². The Morgan fingerprint density at radius 3 is 2.52 bits per heavy atom. The van der Waals surface area contributed by atoms with Gasteiger partial charge in [-0.05, 0) is 18.6 Å². The van der Waals surface area contributed by atoms with E-state index in [1.54, 1.807) is 13.0 Å². The van der Waals surface area contributed by atoms with Crippen LogP contribution in [0.2, 0.25) is 0 Å². The highest BCUT2D eigenvalue weighted by molar-refractivity contribution is 5.88. The number of hydrogen-bond donors (Lipinski definition) is 2. The molecule has 5 heteroatoms. The summed E-state index contributed by atoms with van der Waals surface area (Å²) in [6.07, 6.45) is 0. The first-order valence-corrected chi connectivity index (χ1v) is 6.80. The number of aryl methyl sites for hydroxylation is 1. The summed E-state index contributed by atoms with van der Waals surface area (Å²) in [5.41, 5.74) is 1.32. The average Bonchev–Trinajstić information content (AvgIpc) is 2.81. The number of aliphatic hydroxyl groups is 1. The zero-order valence-corrected chi connectivity index (χ0v) is 12.0. The summed E-state index contributed by atoms with van der Waals surface area (Å²) in [4.78, 5) is 13.0. The Balaban J connectivity index is 2.09. The van der Waals surface area contributed by atoms with E-state index < -0.39 is 5.97 Å². The largest absolute Gasteiger partial charge is 0.478 e. The van der Waals surface area contributed by atoms with E-state index in [0.717, 1.165) is 5.56 Å². The monoisotopic (exact) mass is 289 g/mol. The lowest BCUT2D eigenvalue weighted by atomic mass is 10.2. The number of furan rings is 1. The second-order valence-electron chi connectivity index (χ2n) is 4.91. The van der Waals surface area contributed by atoms with Crippen molar-refractivity contribution in [1.82, 2.24) is 4.90 Å². The molecule has 0 unspecified atom stereocenters. The van der Waals surface area contributed by atoms with Gasteiger partial charge in [-0.1, -0.05) is 30.3 Å². The van der Waals surface area contributed by atoms with Gasteiger partial charge in [0.25, 0.3) is 0 Å². The van der Waals surface area contributed by atoms with E-state index in [9.17, 15) is 9.90 Å². The molecule has 0 spiro atoms. The zero-order chi connectivity index (χ0) is 15.2. The van der Waals surface area contributed by atoms with Gasteiger partial charge in [-0.25, -0.2) is 4.79 Å². The molecule has 0 fully saturated rings. The Kier molecular flexibility index (Phi) is 5.14. The first-order chi connectivity index (χ1) is 10.1. The number of aromatic carboxylic acids is 1. The molecule has 2 rings (SSSR count). The maximum absolute atomic E-state index is 11.0. The Morgan fingerprint density at radius 1 is 1.24 bits per heavy atom. The molecule has 21 heavy (non-hydrogen) atoms. The first-order valence-electron chi connectivity index (χ1n) is 6.80. The fourth-order valence-corrected chi connectivity index (χ4v) is 2.25. The van der Waals surface area contributed by atoms with Gasteiger partial charge in [0, 0.05) is 13.1 Å². The molecule has 0 saturated carbocycles. The highest BCUT2D eigenvalue weighted by Crippen LogP contribution is 2.17. The van der Waals surface area contributed by atoms with Gasteiger partial charge in [0.05, 0.1) is 13.2 Å². The molecule has 1 heterocycles. The molecule has 2 N–H and O–H groups in total. The van der Waals surface area contributed by atoms with Crippen molar-refractivity contribution in [3.05, 3.63) is 59.0 Å². The Bertz CT molecular complexity index is 592. The molecule has 1 aromatic carbocycles. The quantitative estimate of drug-likeness (QED) is 0.818. The minimum atomic E-state index is -0.987. The molecular formula is C16H19NO4. The van der Waals surface area contributed by atoms with E-state index in [4.69, 9.17) is 9.52 Å². The van der Waals surface area contributed by atoms with Crippen LogP contribution in [0.1, 0.15) is 27.4 Å². The van der Waals surface area contributed by atoms with Gasteiger partial charge < -0.3 is 14.6 Å². The molecule has 0 aliphatic heterocycles. The number of aliphatic hydroxyl groups excluding tert-OH is 1. The van der Waals surface area contributed by atoms with E-state index in [2.05, 4.69) is 0 Å². The van der Waals surface area contributed by atoms with E-state index in [-0.39, 0.29) is 12.2 Å². The van der Waals surface area contributed by atoms with Gasteiger partial charge in [0.1, 0.15) is 17.1 Å². The van der Waals surface area contributed by atoms with Crippen molar-refractivity contribution < 1.29 is 19.4 Å². The summed E-state index contributed by atoms with van der Waals surface area (Å²) in [7, 11) is 0. The maximum Gasteiger partial charge on any atom is 0.339 e. The van der Waals surface area contributed by atoms with Gasteiger partial charge in [-0.2, -0.15) is 0 Å². The number of carboxylic acids is 1.